The SMILES string of the molecule is Cc1cccnc1NC(=O)CCNc1ncc(C(F)(F)F)cc1Cl. The number of carbonyl (C=O) groups is 1. The van der Waals surface area contributed by atoms with Crippen molar-refractivity contribution in [2.75, 3.05) is 17.2 Å². The average Bonchev–Trinajstić information content (AvgIpc) is 2.50. The Morgan fingerprint density at radius 2 is 2.04 bits per heavy atom. The smallest absolute Gasteiger partial charge is 0.368 e. The minimum atomic E-state index is -4.50. The van der Waals surface area contributed by atoms with Gasteiger partial charge in [0.15, 0.2) is 0 Å². The summed E-state index contributed by atoms with van der Waals surface area (Å²) in [5, 5.41) is 5.22. The number of nitrogens with one attached hydrogen (secondary N) is 2. The van der Waals surface area contributed by atoms with Crippen molar-refractivity contribution in [3.63, 3.8) is 0 Å². The Morgan fingerprint density at radius 3 is 2.67 bits per heavy atom. The lowest BCUT2D eigenvalue weighted by atomic mass is 10.2. The number of carbonyl (C=O) groups excluding carboxylic acids is 1. The summed E-state index contributed by atoms with van der Waals surface area (Å²) in [5.74, 6) is 0.270. The summed E-state index contributed by atoms with van der Waals surface area (Å²) in [6.45, 7) is 1.97. The van der Waals surface area contributed by atoms with Gasteiger partial charge >= 0.3 is 6.18 Å². The van der Waals surface area contributed by atoms with Crippen LogP contribution in [0.25, 0.3) is 0 Å². The van der Waals surface area contributed by atoms with Crippen molar-refractivity contribution in [3.05, 3.63) is 46.7 Å². The van der Waals surface area contributed by atoms with Gasteiger partial charge in [-0.15, -0.1) is 0 Å². The van der Waals surface area contributed by atoms with Crippen LogP contribution in [0.4, 0.5) is 24.8 Å². The van der Waals surface area contributed by atoms with Crippen LogP contribution in [0.3, 0.4) is 0 Å². The molecule has 2 heterocycles. The molecule has 2 aromatic heterocycles. The number of pyridine rings is 2. The zero-order chi connectivity index (χ0) is 17.7. The van der Waals surface area contributed by atoms with Crippen molar-refractivity contribution in [1.82, 2.24) is 9.97 Å². The third kappa shape index (κ3) is 4.82. The van der Waals surface area contributed by atoms with Gasteiger partial charge in [0.1, 0.15) is 11.6 Å². The summed E-state index contributed by atoms with van der Waals surface area (Å²) >= 11 is 5.77. The standard InChI is InChI=1S/C15H14ClF3N4O/c1-9-3-2-5-20-13(9)23-12(24)4-6-21-14-11(16)7-10(8-22-14)15(17,18)19/h2-3,5,7-8H,4,6H2,1H3,(H,21,22)(H,20,23,24). The van der Waals surface area contributed by atoms with Crippen LogP contribution in [0.15, 0.2) is 30.6 Å². The molecule has 9 heteroatoms. The second kappa shape index (κ2) is 7.48. The molecule has 0 unspecified atom stereocenters. The maximum absolute atomic E-state index is 12.5. The van der Waals surface area contributed by atoms with Crippen molar-refractivity contribution >= 4 is 29.1 Å². The van der Waals surface area contributed by atoms with Gasteiger partial charge < -0.3 is 10.6 Å². The van der Waals surface area contributed by atoms with E-state index in [0.29, 0.717) is 12.0 Å². The molecular formula is C15H14ClF3N4O. The van der Waals surface area contributed by atoms with E-state index in [1.54, 1.807) is 12.3 Å². The Bertz CT molecular complexity index is 737. The lowest BCUT2D eigenvalue weighted by Gasteiger charge is -2.11. The van der Waals surface area contributed by atoms with Crippen LogP contribution in [0.2, 0.25) is 5.02 Å². The van der Waals surface area contributed by atoms with E-state index in [1.165, 1.54) is 0 Å². The second-order valence-corrected chi connectivity index (χ2v) is 5.35. The van der Waals surface area contributed by atoms with Crippen LogP contribution < -0.4 is 10.6 Å². The highest BCUT2D eigenvalue weighted by Gasteiger charge is 2.31. The molecule has 24 heavy (non-hydrogen) atoms. The summed E-state index contributed by atoms with van der Waals surface area (Å²) < 4.78 is 37.6. The molecule has 0 radical (unpaired) electrons. The van der Waals surface area contributed by atoms with E-state index in [9.17, 15) is 18.0 Å². The Morgan fingerprint density at radius 1 is 1.29 bits per heavy atom. The predicted octanol–water partition coefficient (Wildman–Crippen LogP) is 3.90. The lowest BCUT2D eigenvalue weighted by molar-refractivity contribution is -0.137. The van der Waals surface area contributed by atoms with Gasteiger partial charge in [-0.1, -0.05) is 17.7 Å². The molecule has 0 atom stereocenters. The predicted molar refractivity (Wildman–Crippen MR) is 85.0 cm³/mol. The summed E-state index contributed by atoms with van der Waals surface area (Å²) in [4.78, 5) is 19.5. The van der Waals surface area contributed by atoms with Crippen LogP contribution in [0.1, 0.15) is 17.5 Å². The fourth-order valence-corrected chi connectivity index (χ4v) is 2.06. The topological polar surface area (TPSA) is 66.9 Å². The van der Waals surface area contributed by atoms with Gasteiger partial charge in [0, 0.05) is 25.4 Å². The van der Waals surface area contributed by atoms with E-state index in [2.05, 4.69) is 20.6 Å². The molecule has 5 nitrogen and oxygen atoms in total. The van der Waals surface area contributed by atoms with E-state index in [1.807, 2.05) is 13.0 Å². The molecule has 0 aliphatic rings. The van der Waals surface area contributed by atoms with Crippen molar-refractivity contribution in [1.29, 1.82) is 0 Å². The van der Waals surface area contributed by atoms with Crippen LogP contribution in [0.5, 0.6) is 0 Å². The van der Waals surface area contributed by atoms with Gasteiger partial charge in [-0.2, -0.15) is 13.2 Å². The van der Waals surface area contributed by atoms with E-state index in [-0.39, 0.29) is 29.7 Å². The van der Waals surface area contributed by atoms with E-state index < -0.39 is 11.7 Å². The first-order valence-corrected chi connectivity index (χ1v) is 7.33. The van der Waals surface area contributed by atoms with Crippen molar-refractivity contribution in [2.45, 2.75) is 19.5 Å². The Hall–Kier alpha value is -2.35. The molecule has 0 aliphatic heterocycles. The van der Waals surface area contributed by atoms with Gasteiger partial charge in [0.25, 0.3) is 0 Å². The van der Waals surface area contributed by atoms with Crippen molar-refractivity contribution in [3.8, 4) is 0 Å². The molecule has 2 N–H and O–H groups in total. The maximum atomic E-state index is 12.5. The van der Waals surface area contributed by atoms with Crippen molar-refractivity contribution < 1.29 is 18.0 Å². The number of aryl methyl sites for hydroxylation is 1. The van der Waals surface area contributed by atoms with Gasteiger partial charge in [0.05, 0.1) is 10.6 Å². The molecule has 2 aromatic rings. The molecule has 0 aliphatic carbocycles. The number of anilines is 2. The number of alkyl halides is 3. The third-order valence-electron chi connectivity index (χ3n) is 3.08. The molecule has 0 saturated heterocycles. The molecular weight excluding hydrogens is 345 g/mol. The summed E-state index contributed by atoms with van der Waals surface area (Å²) in [5.41, 5.74) is -0.104. The number of hydrogen-bond donors (Lipinski definition) is 2. The summed E-state index contributed by atoms with van der Waals surface area (Å²) in [6.07, 6.45) is -2.18. The van der Waals surface area contributed by atoms with Gasteiger partial charge in [-0.05, 0) is 24.6 Å². The molecule has 0 bridgehead atoms. The number of halogens is 4. The van der Waals surface area contributed by atoms with E-state index >= 15 is 0 Å². The van der Waals surface area contributed by atoms with Crippen LogP contribution in [0, 0.1) is 6.92 Å². The van der Waals surface area contributed by atoms with Gasteiger partial charge in [-0.3, -0.25) is 4.79 Å². The highest BCUT2D eigenvalue weighted by atomic mass is 35.5. The minimum Gasteiger partial charge on any atom is -0.368 e. The monoisotopic (exact) mass is 358 g/mol. The van der Waals surface area contributed by atoms with Crippen molar-refractivity contribution in [2.24, 2.45) is 0 Å². The van der Waals surface area contributed by atoms with Gasteiger partial charge in [0.2, 0.25) is 5.91 Å². The fraction of sp³-hybridized carbons (Fsp3) is 0.267. The fourth-order valence-electron chi connectivity index (χ4n) is 1.83. The largest absolute Gasteiger partial charge is 0.417 e. The molecule has 0 saturated carbocycles. The normalized spacial score (nSPS) is 11.2. The highest BCUT2D eigenvalue weighted by Crippen LogP contribution is 2.32. The zero-order valence-electron chi connectivity index (χ0n) is 12.6. The zero-order valence-corrected chi connectivity index (χ0v) is 13.4. The minimum absolute atomic E-state index is 0.0784. The number of rotatable bonds is 5. The molecule has 0 aromatic carbocycles. The molecule has 0 spiro atoms. The second-order valence-electron chi connectivity index (χ2n) is 4.95. The Kier molecular flexibility index (Phi) is 5.61. The third-order valence-corrected chi connectivity index (χ3v) is 3.37. The number of hydrogen-bond acceptors (Lipinski definition) is 4. The number of aromatic nitrogens is 2. The van der Waals surface area contributed by atoms with E-state index in [4.69, 9.17) is 11.6 Å². The molecule has 128 valence electrons. The highest BCUT2D eigenvalue weighted by molar-refractivity contribution is 6.32. The lowest BCUT2D eigenvalue weighted by Crippen LogP contribution is -2.18. The first-order valence-electron chi connectivity index (χ1n) is 6.95. The summed E-state index contributed by atoms with van der Waals surface area (Å²) in [7, 11) is 0. The summed E-state index contributed by atoms with van der Waals surface area (Å²) in [6, 6.07) is 4.35. The van der Waals surface area contributed by atoms with E-state index in [0.717, 1.165) is 11.6 Å². The van der Waals surface area contributed by atoms with Crippen LogP contribution in [-0.2, 0) is 11.0 Å². The molecule has 1 amide bonds. The quantitative estimate of drug-likeness (QED) is 0.850. The van der Waals surface area contributed by atoms with Crippen LogP contribution in [-0.4, -0.2) is 22.4 Å². The Balaban J connectivity index is 1.88. The first-order chi connectivity index (χ1) is 11.3. The molecule has 2 rings (SSSR count). The Labute approximate surface area is 141 Å². The number of amides is 1. The number of nitrogens with zero attached hydrogens (tertiary/aromatic N) is 2. The first kappa shape index (κ1) is 18.0. The van der Waals surface area contributed by atoms with Gasteiger partial charge in [-0.25, -0.2) is 9.97 Å². The average molecular weight is 359 g/mol. The molecule has 0 fully saturated rings. The van der Waals surface area contributed by atoms with Crippen LogP contribution >= 0.6 is 11.6 Å². The maximum Gasteiger partial charge on any atom is 0.417 e.